The van der Waals surface area contributed by atoms with Gasteiger partial charge in [-0.3, -0.25) is 8.93 Å². The van der Waals surface area contributed by atoms with Crippen LogP contribution in [0.1, 0.15) is 31.9 Å². The van der Waals surface area contributed by atoms with E-state index in [-0.39, 0.29) is 0 Å². The lowest BCUT2D eigenvalue weighted by atomic mass is 10.2. The predicted molar refractivity (Wildman–Crippen MR) is 76.4 cm³/mol. The summed E-state index contributed by atoms with van der Waals surface area (Å²) in [4.78, 5) is 14.5. The molecule has 114 valence electrons. The molecular weight excluding hydrogens is 282 g/mol. The van der Waals surface area contributed by atoms with Crippen LogP contribution in [0.4, 0.5) is 10.6 Å². The van der Waals surface area contributed by atoms with Gasteiger partial charge < -0.3 is 15.0 Å². The lowest BCUT2D eigenvalue weighted by Crippen LogP contribution is -2.33. The van der Waals surface area contributed by atoms with Crippen LogP contribution in [-0.4, -0.2) is 25.4 Å². The fourth-order valence-corrected chi connectivity index (χ4v) is 1.20. The van der Waals surface area contributed by atoms with E-state index in [4.69, 9.17) is 5.73 Å². The number of aryl methyl sites for hydroxylation is 1. The molecule has 0 aliphatic rings. The fourth-order valence-electron chi connectivity index (χ4n) is 1.02. The van der Waals surface area contributed by atoms with Crippen molar-refractivity contribution >= 4 is 23.2 Å². The third-order valence-corrected chi connectivity index (χ3v) is 2.41. The summed E-state index contributed by atoms with van der Waals surface area (Å²) in [5, 5.41) is 0. The lowest BCUT2D eigenvalue weighted by Gasteiger charge is -2.19. The van der Waals surface area contributed by atoms with E-state index in [9.17, 15) is 13.6 Å². The summed E-state index contributed by atoms with van der Waals surface area (Å²) in [6.45, 7) is 8.91. The van der Waals surface area contributed by atoms with Gasteiger partial charge in [-0.15, -0.1) is 0 Å². The normalized spacial score (nSPS) is 11.9. The highest BCUT2D eigenvalue weighted by Crippen LogP contribution is 2.09. The zero-order valence-corrected chi connectivity index (χ0v) is 13.0. The van der Waals surface area contributed by atoms with Gasteiger partial charge >= 0.3 is 6.09 Å². The van der Waals surface area contributed by atoms with E-state index in [0.29, 0.717) is 5.82 Å². The average Bonchev–Trinajstić information content (AvgIpc) is 2.22. The van der Waals surface area contributed by atoms with Crippen LogP contribution in [0.3, 0.4) is 0 Å². The number of pyridine rings is 1. The third-order valence-electron chi connectivity index (χ3n) is 2.08. The van der Waals surface area contributed by atoms with Gasteiger partial charge in [-0.25, -0.2) is 9.78 Å². The molecule has 1 atom stereocenters. The Bertz CT molecular complexity index is 466. The number of aromatic nitrogens is 1. The summed E-state index contributed by atoms with van der Waals surface area (Å²) in [6.07, 6.45) is 0.753. The van der Waals surface area contributed by atoms with Crippen molar-refractivity contribution in [1.29, 1.82) is 0 Å². The molecule has 0 bridgehead atoms. The standard InChI is InChI=1S/C7H10N2.C5H11NO4S/c1-5-3-4-9-7(8)6(5)2;1-5(2,3)10-4(7)6-11(8)9/h3-4H,1-2H3,(H2,8,9);1-3H3,(H,6,7)(H,8,9)/p-1. The molecule has 1 unspecified atom stereocenters. The van der Waals surface area contributed by atoms with Crippen LogP contribution in [0.2, 0.25) is 0 Å². The van der Waals surface area contributed by atoms with Crippen LogP contribution in [0, 0.1) is 13.8 Å². The molecule has 1 heterocycles. The first-order chi connectivity index (χ1) is 9.03. The molecule has 1 aromatic rings. The minimum Gasteiger partial charge on any atom is -0.755 e. The van der Waals surface area contributed by atoms with Crippen LogP contribution in [0.25, 0.3) is 0 Å². The molecule has 0 saturated heterocycles. The molecule has 0 aliphatic carbocycles. The van der Waals surface area contributed by atoms with Gasteiger partial charge in [0.1, 0.15) is 11.4 Å². The summed E-state index contributed by atoms with van der Waals surface area (Å²) < 4.78 is 25.9. The second-order valence-corrected chi connectivity index (χ2v) is 5.65. The van der Waals surface area contributed by atoms with Crippen molar-refractivity contribution in [3.63, 3.8) is 0 Å². The number of hydrogen-bond donors (Lipinski definition) is 2. The molecule has 1 amide bonds. The van der Waals surface area contributed by atoms with Gasteiger partial charge in [-0.1, -0.05) is 0 Å². The molecule has 7 nitrogen and oxygen atoms in total. The quantitative estimate of drug-likeness (QED) is 0.761. The van der Waals surface area contributed by atoms with Gasteiger partial charge in [-0.05, 0) is 51.8 Å². The minimum atomic E-state index is -2.60. The first-order valence-corrected chi connectivity index (χ1v) is 6.87. The molecule has 8 heteroatoms. The molecule has 1 aromatic heterocycles. The maximum Gasteiger partial charge on any atom is 0.418 e. The number of anilines is 1. The van der Waals surface area contributed by atoms with Crippen LogP contribution in [-0.2, 0) is 16.0 Å². The Labute approximate surface area is 121 Å². The van der Waals surface area contributed by atoms with Crippen LogP contribution in [0.15, 0.2) is 12.3 Å². The summed E-state index contributed by atoms with van der Waals surface area (Å²) in [7, 11) is 0. The Balaban J connectivity index is 0.000000367. The number of nitrogens with zero attached hydrogens (tertiary/aromatic N) is 1. The van der Waals surface area contributed by atoms with Gasteiger partial charge in [0.15, 0.2) is 0 Å². The van der Waals surface area contributed by atoms with Gasteiger partial charge in [0.05, 0.1) is 0 Å². The van der Waals surface area contributed by atoms with E-state index in [1.54, 1.807) is 31.7 Å². The van der Waals surface area contributed by atoms with Crippen LogP contribution < -0.4 is 10.5 Å². The van der Waals surface area contributed by atoms with E-state index < -0.39 is 23.0 Å². The van der Waals surface area contributed by atoms with Crippen LogP contribution in [0.5, 0.6) is 0 Å². The molecule has 20 heavy (non-hydrogen) atoms. The number of amides is 1. The Kier molecular flexibility index (Phi) is 7.16. The van der Waals surface area contributed by atoms with Crippen molar-refractivity contribution in [2.24, 2.45) is 0 Å². The Morgan fingerprint density at radius 2 is 2.00 bits per heavy atom. The predicted octanol–water partition coefficient (Wildman–Crippen LogP) is 1.59. The average molecular weight is 302 g/mol. The molecule has 0 aromatic carbocycles. The maximum absolute atomic E-state index is 10.5. The molecule has 0 aliphatic heterocycles. The summed E-state index contributed by atoms with van der Waals surface area (Å²) in [6, 6.07) is 1.95. The minimum absolute atomic E-state index is 0.634. The monoisotopic (exact) mass is 302 g/mol. The SMILES string of the molecule is CC(C)(C)OC(=O)NS(=O)[O-].Cc1ccnc(N)c1C. The highest BCUT2D eigenvalue weighted by atomic mass is 32.2. The summed E-state index contributed by atoms with van der Waals surface area (Å²) in [5.41, 5.74) is 7.11. The van der Waals surface area contributed by atoms with Gasteiger partial charge in [-0.2, -0.15) is 0 Å². The van der Waals surface area contributed by atoms with Crippen molar-refractivity contribution in [3.05, 3.63) is 23.4 Å². The van der Waals surface area contributed by atoms with Crippen molar-refractivity contribution < 1.29 is 18.3 Å². The Morgan fingerprint density at radius 3 is 2.35 bits per heavy atom. The molecule has 0 saturated carbocycles. The molecule has 3 N–H and O–H groups in total. The number of nitrogen functional groups attached to an aromatic ring is 1. The third kappa shape index (κ3) is 8.44. The summed E-state index contributed by atoms with van der Waals surface area (Å²) >= 11 is -2.60. The number of nitrogens with two attached hydrogens (primary N) is 1. The van der Waals surface area contributed by atoms with Crippen molar-refractivity contribution in [2.45, 2.75) is 40.2 Å². The topological polar surface area (TPSA) is 117 Å². The van der Waals surface area contributed by atoms with E-state index in [2.05, 4.69) is 9.72 Å². The van der Waals surface area contributed by atoms with Crippen molar-refractivity contribution in [2.75, 3.05) is 5.73 Å². The maximum atomic E-state index is 10.5. The lowest BCUT2D eigenvalue weighted by molar-refractivity contribution is 0.0569. The zero-order valence-electron chi connectivity index (χ0n) is 12.2. The molecule has 0 fully saturated rings. The van der Waals surface area contributed by atoms with E-state index in [1.807, 2.05) is 19.9 Å². The van der Waals surface area contributed by atoms with E-state index in [1.165, 1.54) is 5.56 Å². The first-order valence-electron chi connectivity index (χ1n) is 5.79. The highest BCUT2D eigenvalue weighted by molar-refractivity contribution is 7.77. The largest absolute Gasteiger partial charge is 0.755 e. The first kappa shape index (κ1) is 18.3. The van der Waals surface area contributed by atoms with E-state index >= 15 is 0 Å². The number of rotatable bonds is 1. The number of carbonyl (C=O) groups is 1. The highest BCUT2D eigenvalue weighted by Gasteiger charge is 2.15. The molecule has 0 spiro atoms. The molecule has 1 rings (SSSR count). The number of hydrogen-bond acceptors (Lipinski definition) is 6. The van der Waals surface area contributed by atoms with Gasteiger partial charge in [0.25, 0.3) is 0 Å². The van der Waals surface area contributed by atoms with Gasteiger partial charge in [0, 0.05) is 17.5 Å². The fraction of sp³-hybridized carbons (Fsp3) is 0.500. The Hall–Kier alpha value is -1.67. The number of nitrogens with one attached hydrogen (secondary N) is 1. The second-order valence-electron chi connectivity index (χ2n) is 4.98. The van der Waals surface area contributed by atoms with Gasteiger partial charge in [0.2, 0.25) is 0 Å². The zero-order chi connectivity index (χ0) is 15.9. The number of ether oxygens (including phenoxy) is 1. The summed E-state index contributed by atoms with van der Waals surface area (Å²) in [5.74, 6) is 0.634. The van der Waals surface area contributed by atoms with Crippen molar-refractivity contribution in [3.8, 4) is 0 Å². The molecule has 0 radical (unpaired) electrons. The second kappa shape index (κ2) is 7.81. The van der Waals surface area contributed by atoms with E-state index in [0.717, 1.165) is 5.56 Å². The van der Waals surface area contributed by atoms with Crippen molar-refractivity contribution in [1.82, 2.24) is 9.71 Å². The Morgan fingerprint density at radius 1 is 1.45 bits per heavy atom. The number of carbonyl (C=O) groups excluding carboxylic acids is 1. The van der Waals surface area contributed by atoms with Crippen LogP contribution >= 0.6 is 0 Å². The molecular formula is C12H20N3O4S-. The smallest absolute Gasteiger partial charge is 0.418 e.